The van der Waals surface area contributed by atoms with Crippen molar-refractivity contribution in [3.05, 3.63) is 36.4 Å². The van der Waals surface area contributed by atoms with E-state index in [-0.39, 0.29) is 0 Å². The summed E-state index contributed by atoms with van der Waals surface area (Å²) in [6.07, 6.45) is 4.60. The lowest BCUT2D eigenvalue weighted by molar-refractivity contribution is 0.415. The highest BCUT2D eigenvalue weighted by molar-refractivity contribution is 5.68. The van der Waals surface area contributed by atoms with E-state index < -0.39 is 0 Å². The first-order chi connectivity index (χ1) is 8.70. The number of ether oxygens (including phenoxy) is 1. The first kappa shape index (κ1) is 12.3. The number of nitrogen functional groups attached to an aromatic ring is 1. The molecule has 1 aromatic heterocycles. The SMILES string of the molecule is COc1ccc(NCCc2nccn2C)c(N)c1. The van der Waals surface area contributed by atoms with Gasteiger partial charge in [-0.25, -0.2) is 4.98 Å². The Labute approximate surface area is 107 Å². The third kappa shape index (κ3) is 2.74. The fourth-order valence-electron chi connectivity index (χ4n) is 1.78. The van der Waals surface area contributed by atoms with E-state index in [1.54, 1.807) is 13.3 Å². The topological polar surface area (TPSA) is 65.1 Å². The molecule has 1 heterocycles. The van der Waals surface area contributed by atoms with Crippen LogP contribution in [0.5, 0.6) is 5.75 Å². The quantitative estimate of drug-likeness (QED) is 0.788. The molecule has 18 heavy (non-hydrogen) atoms. The summed E-state index contributed by atoms with van der Waals surface area (Å²) in [5.74, 6) is 1.82. The maximum absolute atomic E-state index is 5.92. The molecule has 0 saturated carbocycles. The molecule has 1 aromatic carbocycles. The number of nitrogens with zero attached hydrogens (tertiary/aromatic N) is 2. The summed E-state index contributed by atoms with van der Waals surface area (Å²) in [7, 11) is 3.62. The largest absolute Gasteiger partial charge is 0.497 e. The van der Waals surface area contributed by atoms with E-state index in [0.717, 1.165) is 30.2 Å². The number of methoxy groups -OCH3 is 1. The van der Waals surface area contributed by atoms with Crippen molar-refractivity contribution in [2.75, 3.05) is 24.7 Å². The second kappa shape index (κ2) is 5.44. The summed E-state index contributed by atoms with van der Waals surface area (Å²) in [5, 5.41) is 3.30. The van der Waals surface area contributed by atoms with Crippen molar-refractivity contribution in [3.8, 4) is 5.75 Å². The van der Waals surface area contributed by atoms with E-state index in [0.29, 0.717) is 5.69 Å². The summed E-state index contributed by atoms with van der Waals surface area (Å²) in [6, 6.07) is 5.62. The lowest BCUT2D eigenvalue weighted by atomic mass is 10.2. The van der Waals surface area contributed by atoms with Crippen LogP contribution < -0.4 is 15.8 Å². The molecule has 0 spiro atoms. The summed E-state index contributed by atoms with van der Waals surface area (Å²) in [5.41, 5.74) is 7.53. The van der Waals surface area contributed by atoms with Gasteiger partial charge < -0.3 is 20.4 Å². The van der Waals surface area contributed by atoms with Gasteiger partial charge in [-0.15, -0.1) is 0 Å². The number of benzene rings is 1. The van der Waals surface area contributed by atoms with Gasteiger partial charge in [0.2, 0.25) is 0 Å². The number of nitrogens with two attached hydrogens (primary N) is 1. The molecule has 5 nitrogen and oxygen atoms in total. The molecule has 0 bridgehead atoms. The van der Waals surface area contributed by atoms with Crippen molar-refractivity contribution in [1.29, 1.82) is 0 Å². The predicted molar refractivity (Wildman–Crippen MR) is 72.8 cm³/mol. The first-order valence-corrected chi connectivity index (χ1v) is 5.84. The number of nitrogens with one attached hydrogen (secondary N) is 1. The minimum atomic E-state index is 0.689. The van der Waals surface area contributed by atoms with Gasteiger partial charge in [0.05, 0.1) is 18.5 Å². The highest BCUT2D eigenvalue weighted by atomic mass is 16.5. The molecule has 5 heteroatoms. The Hall–Kier alpha value is -2.17. The number of hydrogen-bond donors (Lipinski definition) is 2. The molecular formula is C13H18N4O. The zero-order valence-electron chi connectivity index (χ0n) is 10.7. The second-order valence-electron chi connectivity index (χ2n) is 4.08. The Kier molecular flexibility index (Phi) is 3.72. The molecule has 2 aromatic rings. The molecule has 0 aliphatic rings. The van der Waals surface area contributed by atoms with Crippen molar-refractivity contribution < 1.29 is 4.74 Å². The van der Waals surface area contributed by atoms with Gasteiger partial charge in [0.25, 0.3) is 0 Å². The van der Waals surface area contributed by atoms with Crippen LogP contribution >= 0.6 is 0 Å². The normalized spacial score (nSPS) is 10.3. The Morgan fingerprint density at radius 1 is 1.44 bits per heavy atom. The average molecular weight is 246 g/mol. The van der Waals surface area contributed by atoms with E-state index in [1.807, 2.05) is 36.0 Å². The van der Waals surface area contributed by atoms with Gasteiger partial charge in [-0.3, -0.25) is 0 Å². The highest BCUT2D eigenvalue weighted by Crippen LogP contribution is 2.23. The monoisotopic (exact) mass is 246 g/mol. The van der Waals surface area contributed by atoms with E-state index >= 15 is 0 Å². The van der Waals surface area contributed by atoms with Crippen LogP contribution in [0.25, 0.3) is 0 Å². The molecule has 0 aliphatic carbocycles. The number of hydrogen-bond acceptors (Lipinski definition) is 4. The molecule has 0 saturated heterocycles. The molecular weight excluding hydrogens is 228 g/mol. The smallest absolute Gasteiger partial charge is 0.121 e. The van der Waals surface area contributed by atoms with E-state index in [4.69, 9.17) is 10.5 Å². The van der Waals surface area contributed by atoms with Crippen LogP contribution in [0.15, 0.2) is 30.6 Å². The molecule has 96 valence electrons. The van der Waals surface area contributed by atoms with Gasteiger partial charge >= 0.3 is 0 Å². The predicted octanol–water partition coefficient (Wildman–Crippen LogP) is 1.67. The van der Waals surface area contributed by atoms with Crippen LogP contribution in [-0.4, -0.2) is 23.2 Å². The zero-order chi connectivity index (χ0) is 13.0. The fourth-order valence-corrected chi connectivity index (χ4v) is 1.78. The third-order valence-electron chi connectivity index (χ3n) is 2.84. The second-order valence-corrected chi connectivity index (χ2v) is 4.08. The number of aryl methyl sites for hydroxylation is 1. The van der Waals surface area contributed by atoms with Crippen molar-refractivity contribution in [2.24, 2.45) is 7.05 Å². The van der Waals surface area contributed by atoms with Crippen LogP contribution in [0.3, 0.4) is 0 Å². The summed E-state index contributed by atoms with van der Waals surface area (Å²) in [6.45, 7) is 0.793. The maximum Gasteiger partial charge on any atom is 0.121 e. The van der Waals surface area contributed by atoms with Gasteiger partial charge in [0.15, 0.2) is 0 Å². The average Bonchev–Trinajstić information content (AvgIpc) is 2.77. The minimum absolute atomic E-state index is 0.689. The first-order valence-electron chi connectivity index (χ1n) is 5.84. The molecule has 3 N–H and O–H groups in total. The Bertz CT molecular complexity index is 521. The van der Waals surface area contributed by atoms with Gasteiger partial charge in [-0.05, 0) is 12.1 Å². The number of anilines is 2. The molecule has 0 fully saturated rings. The Morgan fingerprint density at radius 2 is 2.28 bits per heavy atom. The lowest BCUT2D eigenvalue weighted by Gasteiger charge is -2.10. The van der Waals surface area contributed by atoms with Crippen LogP contribution in [0.4, 0.5) is 11.4 Å². The van der Waals surface area contributed by atoms with E-state index in [2.05, 4.69) is 10.3 Å². The van der Waals surface area contributed by atoms with E-state index in [1.165, 1.54) is 0 Å². The van der Waals surface area contributed by atoms with Crippen molar-refractivity contribution in [1.82, 2.24) is 9.55 Å². The van der Waals surface area contributed by atoms with Crippen LogP contribution in [-0.2, 0) is 13.5 Å². The van der Waals surface area contributed by atoms with Gasteiger partial charge in [-0.1, -0.05) is 0 Å². The summed E-state index contributed by atoms with van der Waals surface area (Å²) < 4.78 is 7.12. The zero-order valence-corrected chi connectivity index (χ0v) is 10.7. The molecule has 2 rings (SSSR count). The van der Waals surface area contributed by atoms with Crippen molar-refractivity contribution in [3.63, 3.8) is 0 Å². The Morgan fingerprint density at radius 3 is 2.89 bits per heavy atom. The Balaban J connectivity index is 1.92. The van der Waals surface area contributed by atoms with Gasteiger partial charge in [-0.2, -0.15) is 0 Å². The molecule has 0 atom stereocenters. The molecule has 0 unspecified atom stereocenters. The van der Waals surface area contributed by atoms with E-state index in [9.17, 15) is 0 Å². The number of aromatic nitrogens is 2. The minimum Gasteiger partial charge on any atom is -0.497 e. The van der Waals surface area contributed by atoms with Crippen molar-refractivity contribution in [2.45, 2.75) is 6.42 Å². The summed E-state index contributed by atoms with van der Waals surface area (Å²) in [4.78, 5) is 4.27. The van der Waals surface area contributed by atoms with Crippen LogP contribution in [0.1, 0.15) is 5.82 Å². The van der Waals surface area contributed by atoms with Crippen LogP contribution in [0, 0.1) is 0 Å². The molecule has 0 amide bonds. The fraction of sp³-hybridized carbons (Fsp3) is 0.308. The molecule has 0 aliphatic heterocycles. The number of imidazole rings is 1. The maximum atomic E-state index is 5.92. The summed E-state index contributed by atoms with van der Waals surface area (Å²) >= 11 is 0. The highest BCUT2D eigenvalue weighted by Gasteiger charge is 2.02. The van der Waals surface area contributed by atoms with Crippen molar-refractivity contribution >= 4 is 11.4 Å². The number of rotatable bonds is 5. The standard InChI is InChI=1S/C13H18N4O/c1-17-8-7-16-13(17)5-6-15-12-4-3-10(18-2)9-11(12)14/h3-4,7-9,15H,5-6,14H2,1-2H3. The lowest BCUT2D eigenvalue weighted by Crippen LogP contribution is -2.09. The molecule has 0 radical (unpaired) electrons. The van der Waals surface area contributed by atoms with Crippen LogP contribution in [0.2, 0.25) is 0 Å². The van der Waals surface area contributed by atoms with Gasteiger partial charge in [0.1, 0.15) is 11.6 Å². The van der Waals surface area contributed by atoms with Gasteiger partial charge in [0, 0.05) is 38.5 Å². The third-order valence-corrected chi connectivity index (χ3v) is 2.84.